The third kappa shape index (κ3) is 6.34. The highest BCUT2D eigenvalue weighted by molar-refractivity contribution is 9.10. The quantitative estimate of drug-likeness (QED) is 0.222. The molecule has 0 bridgehead atoms. The zero-order valence-corrected chi connectivity index (χ0v) is 24.8. The molecule has 0 spiro atoms. The van der Waals surface area contributed by atoms with Gasteiger partial charge in [0.25, 0.3) is 0 Å². The summed E-state index contributed by atoms with van der Waals surface area (Å²) in [4.78, 5) is 50.4. The van der Waals surface area contributed by atoms with Gasteiger partial charge in [-0.05, 0) is 47.4 Å². The summed E-state index contributed by atoms with van der Waals surface area (Å²) in [6, 6.07) is 13.0. The fourth-order valence-corrected chi connectivity index (χ4v) is 4.48. The smallest absolute Gasteiger partial charge is 0.338 e. The van der Waals surface area contributed by atoms with E-state index >= 15 is 0 Å². The van der Waals surface area contributed by atoms with E-state index in [1.807, 2.05) is 12.1 Å². The van der Waals surface area contributed by atoms with Gasteiger partial charge in [0.1, 0.15) is 11.5 Å². The number of benzene rings is 3. The van der Waals surface area contributed by atoms with E-state index in [9.17, 15) is 19.2 Å². The fraction of sp³-hybridized carbons (Fsp3) is 0.267. The second-order valence-electron chi connectivity index (χ2n) is 9.61. The molecule has 0 fully saturated rings. The van der Waals surface area contributed by atoms with Crippen LogP contribution in [0.4, 0.5) is 0 Å². The second-order valence-corrected chi connectivity index (χ2v) is 10.5. The molecule has 3 aromatic rings. The van der Waals surface area contributed by atoms with Gasteiger partial charge in [0, 0.05) is 15.6 Å². The van der Waals surface area contributed by atoms with E-state index in [-0.39, 0.29) is 33.4 Å². The molecule has 40 heavy (non-hydrogen) atoms. The lowest BCUT2D eigenvalue weighted by atomic mass is 9.87. The Hall–Kier alpha value is -4.18. The molecular weight excluding hydrogens is 584 g/mol. The molecule has 0 heterocycles. The summed E-state index contributed by atoms with van der Waals surface area (Å²) in [7, 11) is 4.74. The average Bonchev–Trinajstić information content (AvgIpc) is 2.95. The Morgan fingerprint density at radius 1 is 0.600 bits per heavy atom. The minimum atomic E-state index is -0.793. The van der Waals surface area contributed by atoms with Crippen molar-refractivity contribution in [3.63, 3.8) is 0 Å². The number of hydrogen-bond acceptors (Lipinski definition) is 9. The van der Waals surface area contributed by atoms with Crippen LogP contribution in [0.3, 0.4) is 0 Å². The summed E-state index contributed by atoms with van der Waals surface area (Å²) in [5, 5.41) is 0. The number of ether oxygens (including phenoxy) is 5. The lowest BCUT2D eigenvalue weighted by molar-refractivity contribution is 0.0555. The van der Waals surface area contributed by atoms with Crippen LogP contribution in [0, 0.1) is 0 Å². The number of methoxy groups -OCH3 is 4. The Morgan fingerprint density at radius 3 is 1.43 bits per heavy atom. The van der Waals surface area contributed by atoms with Crippen LogP contribution in [0.1, 0.15) is 67.8 Å². The largest absolute Gasteiger partial charge is 0.465 e. The van der Waals surface area contributed by atoms with Crippen molar-refractivity contribution in [3.05, 3.63) is 80.8 Å². The van der Waals surface area contributed by atoms with Crippen LogP contribution in [0.15, 0.2) is 53.0 Å². The molecule has 0 N–H and O–H groups in total. The van der Waals surface area contributed by atoms with E-state index in [1.165, 1.54) is 52.7 Å². The van der Waals surface area contributed by atoms with Gasteiger partial charge in [0.15, 0.2) is 0 Å². The molecule has 0 amide bonds. The highest BCUT2D eigenvalue weighted by Gasteiger charge is 2.27. The van der Waals surface area contributed by atoms with E-state index in [0.29, 0.717) is 21.3 Å². The van der Waals surface area contributed by atoms with Crippen molar-refractivity contribution in [1.29, 1.82) is 0 Å². The molecule has 0 saturated heterocycles. The van der Waals surface area contributed by atoms with E-state index in [2.05, 4.69) is 36.7 Å². The second kappa shape index (κ2) is 12.3. The Kier molecular flexibility index (Phi) is 9.36. The van der Waals surface area contributed by atoms with Gasteiger partial charge in [-0.3, -0.25) is 0 Å². The number of carbonyl (C=O) groups excluding carboxylic acids is 4. The zero-order valence-electron chi connectivity index (χ0n) is 23.2. The van der Waals surface area contributed by atoms with Gasteiger partial charge in [-0.1, -0.05) is 48.8 Å². The first-order chi connectivity index (χ1) is 18.9. The first-order valence-corrected chi connectivity index (χ1v) is 12.8. The fourth-order valence-electron chi connectivity index (χ4n) is 3.92. The van der Waals surface area contributed by atoms with Gasteiger partial charge in [-0.2, -0.15) is 0 Å². The summed E-state index contributed by atoms with van der Waals surface area (Å²) in [5.41, 5.74) is 1.37. The van der Waals surface area contributed by atoms with Crippen molar-refractivity contribution < 1.29 is 42.9 Å². The number of halogens is 1. The van der Waals surface area contributed by atoms with Crippen molar-refractivity contribution in [3.8, 4) is 22.6 Å². The molecule has 0 radical (unpaired) electrons. The van der Waals surface area contributed by atoms with Crippen molar-refractivity contribution in [1.82, 2.24) is 0 Å². The SMILES string of the molecule is COC(=O)c1cc(Br)c(-c2cc(C(=O)OC)c(C(=O)OC)cc2Oc2ccc(C(C)(C)C)cc2)cc1C(=O)OC. The highest BCUT2D eigenvalue weighted by Crippen LogP contribution is 2.41. The molecule has 0 unspecified atom stereocenters. The molecule has 0 atom stereocenters. The first kappa shape index (κ1) is 30.4. The summed E-state index contributed by atoms with van der Waals surface area (Å²) < 4.78 is 26.1. The summed E-state index contributed by atoms with van der Waals surface area (Å²) >= 11 is 3.45. The number of esters is 4. The Balaban J connectivity index is 2.34. The van der Waals surface area contributed by atoms with Gasteiger partial charge in [0.2, 0.25) is 0 Å². The minimum Gasteiger partial charge on any atom is -0.465 e. The summed E-state index contributed by atoms with van der Waals surface area (Å²) in [5.74, 6) is -2.49. The molecule has 3 rings (SSSR count). The lowest BCUT2D eigenvalue weighted by Crippen LogP contribution is -2.14. The maximum absolute atomic E-state index is 12.7. The molecule has 0 aromatic heterocycles. The standard InChI is InChI=1S/C30H29BrO9/c1-30(2,3)16-8-10-17(11-9-16)40-25-15-23(29(35)39-7)21(27(33)37-5)13-19(25)18-12-20(26(32)36-4)22(14-24(18)31)28(34)38-6/h8-15H,1-7H3. The maximum atomic E-state index is 12.7. The van der Waals surface area contributed by atoms with Crippen LogP contribution in [0.2, 0.25) is 0 Å². The molecular formula is C30H29BrO9. The predicted molar refractivity (Wildman–Crippen MR) is 150 cm³/mol. The average molecular weight is 613 g/mol. The van der Waals surface area contributed by atoms with Crippen LogP contribution in [-0.2, 0) is 24.4 Å². The first-order valence-electron chi connectivity index (χ1n) is 12.0. The molecule has 10 heteroatoms. The lowest BCUT2D eigenvalue weighted by Gasteiger charge is -2.20. The van der Waals surface area contributed by atoms with Gasteiger partial charge < -0.3 is 23.7 Å². The van der Waals surface area contributed by atoms with Crippen molar-refractivity contribution in [2.75, 3.05) is 28.4 Å². The van der Waals surface area contributed by atoms with Crippen molar-refractivity contribution in [2.24, 2.45) is 0 Å². The van der Waals surface area contributed by atoms with Crippen LogP contribution in [-0.4, -0.2) is 52.3 Å². The van der Waals surface area contributed by atoms with E-state index in [1.54, 1.807) is 12.1 Å². The Morgan fingerprint density at radius 2 is 1.00 bits per heavy atom. The summed E-state index contributed by atoms with van der Waals surface area (Å²) in [6.45, 7) is 6.26. The molecule has 3 aromatic carbocycles. The molecule has 0 saturated carbocycles. The third-order valence-electron chi connectivity index (χ3n) is 6.09. The highest BCUT2D eigenvalue weighted by atomic mass is 79.9. The molecule has 0 aliphatic rings. The van der Waals surface area contributed by atoms with E-state index in [0.717, 1.165) is 5.56 Å². The zero-order chi connectivity index (χ0) is 29.8. The third-order valence-corrected chi connectivity index (χ3v) is 6.74. The van der Waals surface area contributed by atoms with Crippen LogP contribution >= 0.6 is 15.9 Å². The molecule has 0 aliphatic carbocycles. The van der Waals surface area contributed by atoms with Gasteiger partial charge in [-0.15, -0.1) is 0 Å². The van der Waals surface area contributed by atoms with Crippen LogP contribution in [0.5, 0.6) is 11.5 Å². The minimum absolute atomic E-state index is 0.0374. The van der Waals surface area contributed by atoms with Crippen LogP contribution in [0.25, 0.3) is 11.1 Å². The topological polar surface area (TPSA) is 114 Å². The molecule has 210 valence electrons. The Labute approximate surface area is 240 Å². The normalized spacial score (nSPS) is 10.9. The number of rotatable bonds is 7. The molecule has 0 aliphatic heterocycles. The molecule has 9 nitrogen and oxygen atoms in total. The number of carbonyl (C=O) groups is 4. The van der Waals surface area contributed by atoms with E-state index < -0.39 is 23.9 Å². The predicted octanol–water partition coefficient (Wildman–Crippen LogP) is 6.35. The monoisotopic (exact) mass is 612 g/mol. The summed E-state index contributed by atoms with van der Waals surface area (Å²) in [6.07, 6.45) is 0. The Bertz CT molecular complexity index is 1470. The van der Waals surface area contributed by atoms with Crippen molar-refractivity contribution in [2.45, 2.75) is 26.2 Å². The van der Waals surface area contributed by atoms with Crippen LogP contribution < -0.4 is 4.74 Å². The van der Waals surface area contributed by atoms with Gasteiger partial charge >= 0.3 is 23.9 Å². The van der Waals surface area contributed by atoms with Crippen molar-refractivity contribution >= 4 is 39.8 Å². The maximum Gasteiger partial charge on any atom is 0.338 e. The van der Waals surface area contributed by atoms with E-state index in [4.69, 9.17) is 23.7 Å². The van der Waals surface area contributed by atoms with Gasteiger partial charge in [0.05, 0.1) is 50.7 Å². The number of hydrogen-bond donors (Lipinski definition) is 0. The van der Waals surface area contributed by atoms with Gasteiger partial charge in [-0.25, -0.2) is 19.2 Å².